The molecule has 2 aliphatic rings. The Morgan fingerprint density at radius 2 is 2.00 bits per heavy atom. The van der Waals surface area contributed by atoms with Crippen molar-refractivity contribution in [1.29, 1.82) is 0 Å². The number of ether oxygens (including phenoxy) is 2. The second kappa shape index (κ2) is 9.49. The Morgan fingerprint density at radius 1 is 1.17 bits per heavy atom. The number of likely N-dealkylation sites (N-methyl/N-ethyl adjacent to an activating group) is 1. The van der Waals surface area contributed by atoms with E-state index in [4.69, 9.17) is 9.47 Å². The lowest BCUT2D eigenvalue weighted by Crippen LogP contribution is -2.44. The van der Waals surface area contributed by atoms with Crippen LogP contribution in [0.25, 0.3) is 0 Å². The van der Waals surface area contributed by atoms with Gasteiger partial charge in [-0.3, -0.25) is 4.79 Å². The van der Waals surface area contributed by atoms with Crippen molar-refractivity contribution < 1.29 is 14.3 Å². The number of hydrogen-bond donors (Lipinski definition) is 1. The first kappa shape index (κ1) is 20.7. The van der Waals surface area contributed by atoms with Gasteiger partial charge in [0, 0.05) is 49.7 Å². The molecule has 0 aliphatic carbocycles. The van der Waals surface area contributed by atoms with Gasteiger partial charge in [-0.25, -0.2) is 0 Å². The summed E-state index contributed by atoms with van der Waals surface area (Å²) in [5.74, 6) is 0.559. The van der Waals surface area contributed by atoms with Gasteiger partial charge >= 0.3 is 0 Å². The van der Waals surface area contributed by atoms with Crippen molar-refractivity contribution in [2.75, 3.05) is 56.7 Å². The molecular weight excluding hydrogens is 378 g/mol. The van der Waals surface area contributed by atoms with Gasteiger partial charge in [0.25, 0.3) is 5.91 Å². The Balaban J connectivity index is 1.37. The maximum Gasteiger partial charge on any atom is 0.255 e. The molecular formula is C24H31N3O3. The zero-order valence-electron chi connectivity index (χ0n) is 17.9. The van der Waals surface area contributed by atoms with Gasteiger partial charge < -0.3 is 24.6 Å². The van der Waals surface area contributed by atoms with Crippen molar-refractivity contribution in [3.05, 3.63) is 53.6 Å². The van der Waals surface area contributed by atoms with Gasteiger partial charge in [0.2, 0.25) is 0 Å². The van der Waals surface area contributed by atoms with Crippen LogP contribution in [-0.2, 0) is 4.74 Å². The minimum Gasteiger partial charge on any atom is -0.491 e. The predicted octanol–water partition coefficient (Wildman–Crippen LogP) is 3.56. The lowest BCUT2D eigenvalue weighted by atomic mass is 10.1. The smallest absolute Gasteiger partial charge is 0.255 e. The Bertz CT molecular complexity index is 872. The number of carbonyl (C=O) groups is 1. The highest BCUT2D eigenvalue weighted by Gasteiger charge is 2.18. The van der Waals surface area contributed by atoms with Crippen LogP contribution in [0.4, 0.5) is 11.4 Å². The van der Waals surface area contributed by atoms with Crippen molar-refractivity contribution in [3.63, 3.8) is 0 Å². The fraction of sp³-hybridized carbons (Fsp3) is 0.458. The SMILES string of the molecule is Cc1cc(NC(=O)c2cccc(OC[C@@H]3CCCO3)c2)ccc1N1CCN(C)CC1. The van der Waals surface area contributed by atoms with E-state index in [1.54, 1.807) is 12.1 Å². The molecule has 6 heteroatoms. The van der Waals surface area contributed by atoms with Crippen molar-refractivity contribution in [2.24, 2.45) is 0 Å². The third-order valence-electron chi connectivity index (χ3n) is 5.85. The summed E-state index contributed by atoms with van der Waals surface area (Å²) in [6, 6.07) is 13.5. The third-order valence-corrected chi connectivity index (χ3v) is 5.85. The van der Waals surface area contributed by atoms with E-state index < -0.39 is 0 Å². The Morgan fingerprint density at radius 3 is 2.73 bits per heavy atom. The lowest BCUT2D eigenvalue weighted by Gasteiger charge is -2.35. The Labute approximate surface area is 178 Å². The molecule has 1 amide bonds. The first-order chi connectivity index (χ1) is 14.6. The predicted molar refractivity (Wildman–Crippen MR) is 120 cm³/mol. The third kappa shape index (κ3) is 5.12. The molecule has 2 fully saturated rings. The average molecular weight is 410 g/mol. The van der Waals surface area contributed by atoms with E-state index >= 15 is 0 Å². The molecule has 0 bridgehead atoms. The maximum atomic E-state index is 12.8. The molecule has 1 atom stereocenters. The number of carbonyl (C=O) groups excluding carboxylic acids is 1. The summed E-state index contributed by atoms with van der Waals surface area (Å²) in [6.07, 6.45) is 2.27. The van der Waals surface area contributed by atoms with Crippen LogP contribution in [0, 0.1) is 6.92 Å². The first-order valence-electron chi connectivity index (χ1n) is 10.8. The second-order valence-corrected chi connectivity index (χ2v) is 8.22. The van der Waals surface area contributed by atoms with Crippen molar-refractivity contribution in [1.82, 2.24) is 4.90 Å². The summed E-state index contributed by atoms with van der Waals surface area (Å²) in [7, 11) is 2.16. The fourth-order valence-corrected chi connectivity index (χ4v) is 4.03. The molecule has 6 nitrogen and oxygen atoms in total. The van der Waals surface area contributed by atoms with Crippen molar-refractivity contribution in [2.45, 2.75) is 25.9 Å². The highest BCUT2D eigenvalue weighted by atomic mass is 16.5. The normalized spacial score (nSPS) is 19.7. The van der Waals surface area contributed by atoms with E-state index in [2.05, 4.69) is 35.2 Å². The largest absolute Gasteiger partial charge is 0.491 e. The zero-order valence-corrected chi connectivity index (χ0v) is 17.9. The first-order valence-corrected chi connectivity index (χ1v) is 10.8. The molecule has 0 saturated carbocycles. The molecule has 1 N–H and O–H groups in total. The topological polar surface area (TPSA) is 54.0 Å². The van der Waals surface area contributed by atoms with Gasteiger partial charge in [-0.15, -0.1) is 0 Å². The Hall–Kier alpha value is -2.57. The highest BCUT2D eigenvalue weighted by molar-refractivity contribution is 6.04. The summed E-state index contributed by atoms with van der Waals surface area (Å²) >= 11 is 0. The maximum absolute atomic E-state index is 12.8. The minimum atomic E-state index is -0.135. The summed E-state index contributed by atoms with van der Waals surface area (Å²) < 4.78 is 11.4. The second-order valence-electron chi connectivity index (χ2n) is 8.22. The molecule has 2 heterocycles. The molecule has 30 heavy (non-hydrogen) atoms. The molecule has 160 valence electrons. The summed E-state index contributed by atoms with van der Waals surface area (Å²) in [4.78, 5) is 17.5. The molecule has 2 aromatic rings. The molecule has 2 aromatic carbocycles. The number of nitrogens with zero attached hydrogens (tertiary/aromatic N) is 2. The van der Waals surface area contributed by atoms with Crippen LogP contribution in [0.1, 0.15) is 28.8 Å². The number of benzene rings is 2. The van der Waals surface area contributed by atoms with Crippen LogP contribution >= 0.6 is 0 Å². The van der Waals surface area contributed by atoms with Gasteiger partial charge in [-0.05, 0) is 68.8 Å². The van der Waals surface area contributed by atoms with Crippen LogP contribution in [0.15, 0.2) is 42.5 Å². The quantitative estimate of drug-likeness (QED) is 0.791. The monoisotopic (exact) mass is 409 g/mol. The number of amides is 1. The number of rotatable bonds is 6. The summed E-state index contributed by atoms with van der Waals surface area (Å²) in [5, 5.41) is 3.01. The van der Waals surface area contributed by atoms with Gasteiger partial charge in [0.1, 0.15) is 12.4 Å². The van der Waals surface area contributed by atoms with E-state index in [0.29, 0.717) is 17.9 Å². The van der Waals surface area contributed by atoms with Gasteiger partial charge in [-0.1, -0.05) is 6.07 Å². The van der Waals surface area contributed by atoms with Crippen LogP contribution in [0.2, 0.25) is 0 Å². The van der Waals surface area contributed by atoms with E-state index in [1.165, 1.54) is 11.3 Å². The molecule has 0 aromatic heterocycles. The van der Waals surface area contributed by atoms with E-state index in [0.717, 1.165) is 51.3 Å². The number of piperazine rings is 1. The molecule has 0 unspecified atom stereocenters. The van der Waals surface area contributed by atoms with E-state index in [-0.39, 0.29) is 12.0 Å². The fourth-order valence-electron chi connectivity index (χ4n) is 4.03. The van der Waals surface area contributed by atoms with Crippen LogP contribution in [0.3, 0.4) is 0 Å². The van der Waals surface area contributed by atoms with Gasteiger partial charge in [0.05, 0.1) is 6.10 Å². The molecule has 0 spiro atoms. The van der Waals surface area contributed by atoms with Gasteiger partial charge in [-0.2, -0.15) is 0 Å². The number of anilines is 2. The average Bonchev–Trinajstić information content (AvgIpc) is 3.27. The summed E-state index contributed by atoms with van der Waals surface area (Å²) in [5.41, 5.74) is 3.80. The minimum absolute atomic E-state index is 0.135. The molecule has 4 rings (SSSR count). The summed E-state index contributed by atoms with van der Waals surface area (Å²) in [6.45, 7) is 7.64. The Kier molecular flexibility index (Phi) is 6.55. The van der Waals surface area contributed by atoms with Crippen LogP contribution in [-0.4, -0.2) is 63.4 Å². The lowest BCUT2D eigenvalue weighted by molar-refractivity contribution is 0.0679. The highest BCUT2D eigenvalue weighted by Crippen LogP contribution is 2.25. The van der Waals surface area contributed by atoms with Crippen molar-refractivity contribution in [3.8, 4) is 5.75 Å². The zero-order chi connectivity index (χ0) is 20.9. The molecule has 0 radical (unpaired) electrons. The number of nitrogens with one attached hydrogen (secondary N) is 1. The van der Waals surface area contributed by atoms with Crippen LogP contribution in [0.5, 0.6) is 5.75 Å². The van der Waals surface area contributed by atoms with E-state index in [1.807, 2.05) is 24.3 Å². The van der Waals surface area contributed by atoms with Crippen LogP contribution < -0.4 is 15.0 Å². The van der Waals surface area contributed by atoms with E-state index in [9.17, 15) is 4.79 Å². The van der Waals surface area contributed by atoms with Gasteiger partial charge in [0.15, 0.2) is 0 Å². The number of aryl methyl sites for hydroxylation is 1. The molecule has 2 saturated heterocycles. The van der Waals surface area contributed by atoms with Crippen molar-refractivity contribution >= 4 is 17.3 Å². The number of hydrogen-bond acceptors (Lipinski definition) is 5. The standard InChI is InChI=1S/C24H31N3O3/c1-18-15-20(8-9-23(18)27-12-10-26(2)11-13-27)25-24(28)19-5-3-6-21(16-19)30-17-22-7-4-14-29-22/h3,5-6,8-9,15-16,22H,4,7,10-14,17H2,1-2H3,(H,25,28)/t22-/m0/s1. The molecule has 2 aliphatic heterocycles.